The number of rotatable bonds is 2. The van der Waals surface area contributed by atoms with Crippen LogP contribution >= 0.6 is 0 Å². The number of carbonyl (C=O) groups excluding carboxylic acids is 2. The average Bonchev–Trinajstić information content (AvgIpc) is 2.92. The molecule has 0 radical (unpaired) electrons. The zero-order valence-electron chi connectivity index (χ0n) is 15.0. The van der Waals surface area contributed by atoms with Crippen LogP contribution in [0, 0.1) is 5.92 Å². The molecule has 1 saturated carbocycles. The normalized spacial score (nSPS) is 30.3. The Balaban J connectivity index is 1.67. The molecule has 1 N–H and O–H groups in total. The number of likely N-dealkylation sites (tertiary alicyclic amines) is 1. The molecule has 2 heterocycles. The van der Waals surface area contributed by atoms with Gasteiger partial charge in [0.1, 0.15) is 0 Å². The first-order valence-corrected chi connectivity index (χ1v) is 10.1. The minimum absolute atomic E-state index is 0.0104. The fourth-order valence-electron chi connectivity index (χ4n) is 4.60. The smallest absolute Gasteiger partial charge is 0.237 e. The van der Waals surface area contributed by atoms with Gasteiger partial charge in [0.2, 0.25) is 11.8 Å². The lowest BCUT2D eigenvalue weighted by molar-refractivity contribution is -0.137. The summed E-state index contributed by atoms with van der Waals surface area (Å²) in [6, 6.07) is 0.127. The zero-order chi connectivity index (χ0) is 16.8. The van der Waals surface area contributed by atoms with Crippen molar-refractivity contribution in [2.75, 3.05) is 32.7 Å². The molecule has 0 aromatic rings. The van der Waals surface area contributed by atoms with Crippen molar-refractivity contribution in [1.82, 2.24) is 15.1 Å². The Kier molecular flexibility index (Phi) is 6.52. The first-order valence-electron chi connectivity index (χ1n) is 10.1. The van der Waals surface area contributed by atoms with E-state index in [1.165, 1.54) is 25.7 Å². The molecule has 2 saturated heterocycles. The Hall–Kier alpha value is -1.10. The Morgan fingerprint density at radius 3 is 2.42 bits per heavy atom. The minimum Gasteiger partial charge on any atom is -0.356 e. The van der Waals surface area contributed by atoms with E-state index in [9.17, 15) is 9.59 Å². The molecule has 0 spiro atoms. The fraction of sp³-hybridized carbons (Fsp3) is 0.895. The van der Waals surface area contributed by atoms with E-state index in [-0.39, 0.29) is 23.8 Å². The second-order valence-corrected chi connectivity index (χ2v) is 7.73. The van der Waals surface area contributed by atoms with E-state index in [2.05, 4.69) is 15.1 Å². The van der Waals surface area contributed by atoms with E-state index in [0.717, 1.165) is 64.7 Å². The lowest BCUT2D eigenvalue weighted by Gasteiger charge is -2.35. The van der Waals surface area contributed by atoms with E-state index in [4.69, 9.17) is 0 Å². The average molecular weight is 335 g/mol. The van der Waals surface area contributed by atoms with Gasteiger partial charge in [-0.25, -0.2) is 0 Å². The third-order valence-electron chi connectivity index (χ3n) is 5.97. The standard InChI is InChI=1S/C19H33N3O2/c23-18(15-21-12-5-1-2-6-13-21)22-14-7-3-4-11-20-19(24)16-9-8-10-17(16)22/h16-17H,1-15H2,(H,20,24)/t16-,17+/m1/s1. The molecular weight excluding hydrogens is 302 g/mol. The highest BCUT2D eigenvalue weighted by Crippen LogP contribution is 2.31. The fourth-order valence-corrected chi connectivity index (χ4v) is 4.60. The highest BCUT2D eigenvalue weighted by Gasteiger charge is 2.39. The van der Waals surface area contributed by atoms with Crippen molar-refractivity contribution in [2.24, 2.45) is 5.92 Å². The van der Waals surface area contributed by atoms with Gasteiger partial charge in [0.15, 0.2) is 0 Å². The van der Waals surface area contributed by atoms with Crippen LogP contribution in [0.2, 0.25) is 0 Å². The maximum atomic E-state index is 13.0. The van der Waals surface area contributed by atoms with Gasteiger partial charge in [-0.3, -0.25) is 14.5 Å². The molecule has 5 nitrogen and oxygen atoms in total. The second-order valence-electron chi connectivity index (χ2n) is 7.73. The van der Waals surface area contributed by atoms with Crippen LogP contribution in [0.3, 0.4) is 0 Å². The van der Waals surface area contributed by atoms with Gasteiger partial charge in [-0.2, -0.15) is 0 Å². The van der Waals surface area contributed by atoms with Crippen molar-refractivity contribution in [3.63, 3.8) is 0 Å². The molecule has 1 aliphatic carbocycles. The largest absolute Gasteiger partial charge is 0.356 e. The minimum atomic E-state index is 0.0104. The van der Waals surface area contributed by atoms with Crippen LogP contribution in [0.1, 0.15) is 64.2 Å². The van der Waals surface area contributed by atoms with Crippen LogP contribution < -0.4 is 5.32 Å². The third-order valence-corrected chi connectivity index (χ3v) is 5.97. The number of fused-ring (bicyclic) bond motifs is 1. The lowest BCUT2D eigenvalue weighted by atomic mass is 9.99. The highest BCUT2D eigenvalue weighted by molar-refractivity contribution is 5.83. The number of hydrogen-bond acceptors (Lipinski definition) is 3. The van der Waals surface area contributed by atoms with Crippen LogP contribution in [0.4, 0.5) is 0 Å². The molecule has 0 aromatic carbocycles. The van der Waals surface area contributed by atoms with Crippen LogP contribution in [-0.4, -0.2) is 60.4 Å². The van der Waals surface area contributed by atoms with E-state index < -0.39 is 0 Å². The van der Waals surface area contributed by atoms with Gasteiger partial charge in [-0.15, -0.1) is 0 Å². The molecule has 0 bridgehead atoms. The Bertz CT molecular complexity index is 432. The summed E-state index contributed by atoms with van der Waals surface area (Å²) >= 11 is 0. The summed E-state index contributed by atoms with van der Waals surface area (Å²) in [5.41, 5.74) is 0. The molecular formula is C19H33N3O2. The molecule has 24 heavy (non-hydrogen) atoms. The Labute approximate surface area is 146 Å². The van der Waals surface area contributed by atoms with Crippen LogP contribution in [-0.2, 0) is 9.59 Å². The van der Waals surface area contributed by atoms with Crippen LogP contribution in [0.15, 0.2) is 0 Å². The second kappa shape index (κ2) is 8.84. The van der Waals surface area contributed by atoms with E-state index in [1.807, 2.05) is 0 Å². The summed E-state index contributed by atoms with van der Waals surface area (Å²) in [4.78, 5) is 29.9. The predicted octanol–water partition coefficient (Wildman–Crippen LogP) is 2.16. The van der Waals surface area contributed by atoms with Crippen molar-refractivity contribution in [3.05, 3.63) is 0 Å². The van der Waals surface area contributed by atoms with Gasteiger partial charge in [0.25, 0.3) is 0 Å². The van der Waals surface area contributed by atoms with Crippen LogP contribution in [0.5, 0.6) is 0 Å². The maximum Gasteiger partial charge on any atom is 0.237 e. The van der Waals surface area contributed by atoms with Crippen molar-refractivity contribution in [1.29, 1.82) is 0 Å². The molecule has 2 atom stereocenters. The summed E-state index contributed by atoms with van der Waals surface area (Å²) in [5, 5.41) is 3.09. The maximum absolute atomic E-state index is 13.0. The van der Waals surface area contributed by atoms with Gasteiger partial charge < -0.3 is 10.2 Å². The number of nitrogens with zero attached hydrogens (tertiary/aromatic N) is 2. The molecule has 2 aliphatic heterocycles. The highest BCUT2D eigenvalue weighted by atomic mass is 16.2. The molecule has 3 fully saturated rings. The third kappa shape index (κ3) is 4.50. The van der Waals surface area contributed by atoms with Gasteiger partial charge in [-0.1, -0.05) is 19.3 Å². The number of amides is 2. The molecule has 3 aliphatic rings. The summed E-state index contributed by atoms with van der Waals surface area (Å²) in [6.07, 6.45) is 11.2. The predicted molar refractivity (Wildman–Crippen MR) is 94.6 cm³/mol. The lowest BCUT2D eigenvalue weighted by Crippen LogP contribution is -2.51. The quantitative estimate of drug-likeness (QED) is 0.841. The van der Waals surface area contributed by atoms with E-state index in [1.54, 1.807) is 0 Å². The van der Waals surface area contributed by atoms with Gasteiger partial charge in [0, 0.05) is 19.1 Å². The summed E-state index contributed by atoms with van der Waals surface area (Å²) in [5.74, 6) is 0.435. The number of hydrogen-bond donors (Lipinski definition) is 1. The number of nitrogens with one attached hydrogen (secondary N) is 1. The topological polar surface area (TPSA) is 52.7 Å². The van der Waals surface area contributed by atoms with Crippen molar-refractivity contribution in [3.8, 4) is 0 Å². The first-order chi connectivity index (χ1) is 11.8. The Morgan fingerprint density at radius 2 is 1.62 bits per heavy atom. The zero-order valence-corrected chi connectivity index (χ0v) is 15.0. The molecule has 3 rings (SSSR count). The van der Waals surface area contributed by atoms with Crippen molar-refractivity contribution < 1.29 is 9.59 Å². The summed E-state index contributed by atoms with van der Waals surface area (Å²) < 4.78 is 0. The number of carbonyl (C=O) groups is 2. The van der Waals surface area contributed by atoms with Gasteiger partial charge in [0.05, 0.1) is 12.5 Å². The first kappa shape index (κ1) is 17.7. The molecule has 5 heteroatoms. The van der Waals surface area contributed by atoms with Crippen LogP contribution in [0.25, 0.3) is 0 Å². The van der Waals surface area contributed by atoms with Gasteiger partial charge >= 0.3 is 0 Å². The SMILES string of the molecule is O=C1NCCCCCN(C(=O)CN2CCCCCC2)[C@H]2CCC[C@@H]12. The van der Waals surface area contributed by atoms with E-state index in [0.29, 0.717) is 6.54 Å². The summed E-state index contributed by atoms with van der Waals surface area (Å²) in [7, 11) is 0. The summed E-state index contributed by atoms with van der Waals surface area (Å²) in [6.45, 7) is 4.28. The van der Waals surface area contributed by atoms with Crippen molar-refractivity contribution >= 4 is 11.8 Å². The molecule has 136 valence electrons. The Morgan fingerprint density at radius 1 is 0.917 bits per heavy atom. The van der Waals surface area contributed by atoms with Gasteiger partial charge in [-0.05, 0) is 58.0 Å². The monoisotopic (exact) mass is 335 g/mol. The van der Waals surface area contributed by atoms with E-state index >= 15 is 0 Å². The van der Waals surface area contributed by atoms with Crippen molar-refractivity contribution in [2.45, 2.75) is 70.3 Å². The molecule has 0 aromatic heterocycles. The molecule has 0 unspecified atom stereocenters. The molecule has 2 amide bonds.